The Hall–Kier alpha value is -0.920. The Bertz CT molecular complexity index is 477. The SMILES string of the molecule is CCOC1CC(NS(=O)(=O)c2cn[nH]c2C)C1. The molecule has 0 unspecified atom stereocenters. The molecule has 0 aliphatic heterocycles. The van der Waals surface area contributed by atoms with Gasteiger partial charge in [0.2, 0.25) is 10.0 Å². The molecule has 0 radical (unpaired) electrons. The van der Waals surface area contributed by atoms with Gasteiger partial charge in [0.15, 0.2) is 0 Å². The molecule has 7 heteroatoms. The lowest BCUT2D eigenvalue weighted by atomic mass is 9.90. The highest BCUT2D eigenvalue weighted by Crippen LogP contribution is 2.25. The first-order chi connectivity index (χ1) is 8.03. The maximum absolute atomic E-state index is 12.0. The zero-order valence-corrected chi connectivity index (χ0v) is 10.8. The first-order valence-corrected chi connectivity index (χ1v) is 7.15. The second-order valence-electron chi connectivity index (χ2n) is 4.23. The van der Waals surface area contributed by atoms with Crippen LogP contribution in [0.4, 0.5) is 0 Å². The van der Waals surface area contributed by atoms with Crippen molar-refractivity contribution in [2.75, 3.05) is 6.61 Å². The van der Waals surface area contributed by atoms with Crippen molar-refractivity contribution in [3.8, 4) is 0 Å². The number of nitrogens with zero attached hydrogens (tertiary/aromatic N) is 1. The molecule has 1 aromatic rings. The average molecular weight is 259 g/mol. The van der Waals surface area contributed by atoms with E-state index in [0.29, 0.717) is 12.3 Å². The normalized spacial score (nSPS) is 24.6. The van der Waals surface area contributed by atoms with Gasteiger partial charge in [0.1, 0.15) is 4.90 Å². The van der Waals surface area contributed by atoms with Gasteiger partial charge in [-0.25, -0.2) is 13.1 Å². The van der Waals surface area contributed by atoms with Gasteiger partial charge in [-0.2, -0.15) is 5.10 Å². The number of hydrogen-bond donors (Lipinski definition) is 2. The number of aromatic nitrogens is 2. The highest BCUT2D eigenvalue weighted by Gasteiger charge is 2.33. The Morgan fingerprint density at radius 1 is 1.59 bits per heavy atom. The van der Waals surface area contributed by atoms with Crippen molar-refractivity contribution in [2.45, 2.75) is 43.7 Å². The predicted molar refractivity (Wildman–Crippen MR) is 62.1 cm³/mol. The third-order valence-electron chi connectivity index (χ3n) is 2.89. The molecule has 0 saturated heterocycles. The van der Waals surface area contributed by atoms with Gasteiger partial charge < -0.3 is 4.74 Å². The fraction of sp³-hybridized carbons (Fsp3) is 0.700. The maximum Gasteiger partial charge on any atom is 0.244 e. The number of rotatable bonds is 5. The van der Waals surface area contributed by atoms with Gasteiger partial charge in [-0.15, -0.1) is 0 Å². The van der Waals surface area contributed by atoms with Gasteiger partial charge in [-0.1, -0.05) is 0 Å². The third kappa shape index (κ3) is 2.67. The molecule has 0 amide bonds. The van der Waals surface area contributed by atoms with Gasteiger partial charge in [0.05, 0.1) is 18.0 Å². The zero-order valence-electron chi connectivity index (χ0n) is 9.93. The molecule has 1 fully saturated rings. The number of nitrogens with one attached hydrogen (secondary N) is 2. The lowest BCUT2D eigenvalue weighted by molar-refractivity contribution is -0.00475. The van der Waals surface area contributed by atoms with Crippen molar-refractivity contribution in [2.24, 2.45) is 0 Å². The summed E-state index contributed by atoms with van der Waals surface area (Å²) in [6.45, 7) is 4.29. The highest BCUT2D eigenvalue weighted by molar-refractivity contribution is 7.89. The summed E-state index contributed by atoms with van der Waals surface area (Å²) in [7, 11) is -3.45. The van der Waals surface area contributed by atoms with E-state index >= 15 is 0 Å². The minimum atomic E-state index is -3.45. The number of sulfonamides is 1. The number of hydrogen-bond acceptors (Lipinski definition) is 4. The first-order valence-electron chi connectivity index (χ1n) is 5.67. The molecule has 0 bridgehead atoms. The van der Waals surface area contributed by atoms with Gasteiger partial charge in [-0.3, -0.25) is 5.10 Å². The van der Waals surface area contributed by atoms with Crippen molar-refractivity contribution in [1.82, 2.24) is 14.9 Å². The van der Waals surface area contributed by atoms with Crippen LogP contribution >= 0.6 is 0 Å². The molecule has 96 valence electrons. The standard InChI is InChI=1S/C10H17N3O3S/c1-3-16-9-4-8(5-9)13-17(14,15)10-6-11-12-7(10)2/h6,8-9,13H,3-5H2,1-2H3,(H,11,12). The van der Waals surface area contributed by atoms with Crippen LogP contribution < -0.4 is 4.72 Å². The van der Waals surface area contributed by atoms with Gasteiger partial charge in [0, 0.05) is 12.6 Å². The van der Waals surface area contributed by atoms with Crippen molar-refractivity contribution in [3.05, 3.63) is 11.9 Å². The minimum absolute atomic E-state index is 0.0224. The van der Waals surface area contributed by atoms with Crippen LogP contribution in [0.5, 0.6) is 0 Å². The zero-order chi connectivity index (χ0) is 12.5. The van der Waals surface area contributed by atoms with Crippen LogP contribution in [-0.4, -0.2) is 37.4 Å². The molecule has 1 aliphatic rings. The largest absolute Gasteiger partial charge is 0.378 e. The number of H-pyrrole nitrogens is 1. The van der Waals surface area contributed by atoms with Gasteiger partial charge in [0.25, 0.3) is 0 Å². The first kappa shape index (κ1) is 12.5. The molecule has 17 heavy (non-hydrogen) atoms. The summed E-state index contributed by atoms with van der Waals surface area (Å²) in [5, 5.41) is 6.33. The lowest BCUT2D eigenvalue weighted by Gasteiger charge is -2.34. The van der Waals surface area contributed by atoms with Crippen molar-refractivity contribution < 1.29 is 13.2 Å². The Balaban J connectivity index is 1.94. The van der Waals surface area contributed by atoms with Crippen molar-refractivity contribution >= 4 is 10.0 Å². The summed E-state index contributed by atoms with van der Waals surface area (Å²) in [6.07, 6.45) is 3.00. The van der Waals surface area contributed by atoms with E-state index in [0.717, 1.165) is 12.8 Å². The molecule has 1 heterocycles. The molecule has 0 aromatic carbocycles. The molecule has 1 aliphatic carbocycles. The number of aryl methyl sites for hydroxylation is 1. The van der Waals surface area contributed by atoms with Crippen LogP contribution in [-0.2, 0) is 14.8 Å². The highest BCUT2D eigenvalue weighted by atomic mass is 32.2. The van der Waals surface area contributed by atoms with E-state index in [9.17, 15) is 8.42 Å². The van der Waals surface area contributed by atoms with E-state index in [1.54, 1.807) is 6.92 Å². The monoisotopic (exact) mass is 259 g/mol. The van der Waals surface area contributed by atoms with Gasteiger partial charge in [-0.05, 0) is 26.7 Å². The fourth-order valence-corrected chi connectivity index (χ4v) is 3.33. The fourth-order valence-electron chi connectivity index (χ4n) is 1.93. The quantitative estimate of drug-likeness (QED) is 0.809. The van der Waals surface area contributed by atoms with Crippen LogP contribution in [0.15, 0.2) is 11.1 Å². The van der Waals surface area contributed by atoms with Crippen LogP contribution in [0.2, 0.25) is 0 Å². The molecule has 2 N–H and O–H groups in total. The summed E-state index contributed by atoms with van der Waals surface area (Å²) >= 11 is 0. The molecular formula is C10H17N3O3S. The van der Waals surface area contributed by atoms with Gasteiger partial charge >= 0.3 is 0 Å². The Kier molecular flexibility index (Phi) is 3.50. The van der Waals surface area contributed by atoms with E-state index in [2.05, 4.69) is 14.9 Å². The second-order valence-corrected chi connectivity index (χ2v) is 5.91. The Labute approximate surface area is 101 Å². The van der Waals surface area contributed by atoms with E-state index < -0.39 is 10.0 Å². The summed E-state index contributed by atoms with van der Waals surface area (Å²) in [5.74, 6) is 0. The van der Waals surface area contributed by atoms with Crippen molar-refractivity contribution in [1.29, 1.82) is 0 Å². The third-order valence-corrected chi connectivity index (χ3v) is 4.53. The molecule has 1 aromatic heterocycles. The Morgan fingerprint density at radius 2 is 2.29 bits per heavy atom. The molecular weight excluding hydrogens is 242 g/mol. The molecule has 6 nitrogen and oxygen atoms in total. The summed E-state index contributed by atoms with van der Waals surface area (Å²) < 4.78 is 32.0. The topological polar surface area (TPSA) is 84.1 Å². The minimum Gasteiger partial charge on any atom is -0.378 e. The van der Waals surface area contributed by atoms with Crippen molar-refractivity contribution in [3.63, 3.8) is 0 Å². The predicted octanol–water partition coefficient (Wildman–Crippen LogP) is 0.564. The molecule has 2 rings (SSSR count). The average Bonchev–Trinajstić information content (AvgIpc) is 2.62. The van der Waals surface area contributed by atoms with Crippen LogP contribution in [0.25, 0.3) is 0 Å². The smallest absolute Gasteiger partial charge is 0.244 e. The molecule has 1 saturated carbocycles. The van der Waals surface area contributed by atoms with E-state index in [4.69, 9.17) is 4.74 Å². The van der Waals surface area contributed by atoms with E-state index in [-0.39, 0.29) is 17.0 Å². The summed E-state index contributed by atoms with van der Waals surface area (Å²) in [5.41, 5.74) is 0.554. The summed E-state index contributed by atoms with van der Waals surface area (Å²) in [6, 6.07) is -0.0224. The molecule has 0 atom stereocenters. The molecule has 0 spiro atoms. The summed E-state index contributed by atoms with van der Waals surface area (Å²) in [4.78, 5) is 0.220. The van der Waals surface area contributed by atoms with Crippen LogP contribution in [0.1, 0.15) is 25.5 Å². The number of ether oxygens (including phenoxy) is 1. The van der Waals surface area contributed by atoms with E-state index in [1.165, 1.54) is 6.20 Å². The lowest BCUT2D eigenvalue weighted by Crippen LogP contribution is -2.47. The second kappa shape index (κ2) is 4.75. The van der Waals surface area contributed by atoms with Crippen LogP contribution in [0.3, 0.4) is 0 Å². The Morgan fingerprint density at radius 3 is 2.82 bits per heavy atom. The maximum atomic E-state index is 12.0. The number of aromatic amines is 1. The van der Waals surface area contributed by atoms with E-state index in [1.807, 2.05) is 6.92 Å². The van der Waals surface area contributed by atoms with Crippen LogP contribution in [0, 0.1) is 6.92 Å².